The molecule has 0 fully saturated rings. The molecule has 0 saturated heterocycles. The molecule has 278 valence electrons. The van der Waals surface area contributed by atoms with Gasteiger partial charge in [0.1, 0.15) is 11.3 Å². The molecule has 1 heterocycles. The van der Waals surface area contributed by atoms with E-state index in [2.05, 4.69) is 214 Å². The van der Waals surface area contributed by atoms with Gasteiger partial charge in [-0.05, 0) is 104 Å². The monoisotopic (exact) mass is 745 g/mol. The Bertz CT molecular complexity index is 3080. The molecule has 1 atom stereocenters. The fraction of sp³-hybridized carbons (Fsp3) is 0.107. The van der Waals surface area contributed by atoms with Gasteiger partial charge in [-0.2, -0.15) is 0 Å². The molecule has 1 unspecified atom stereocenters. The van der Waals surface area contributed by atoms with Gasteiger partial charge >= 0.3 is 0 Å². The number of hydrogen-bond acceptors (Lipinski definition) is 2. The topological polar surface area (TPSA) is 16.4 Å². The summed E-state index contributed by atoms with van der Waals surface area (Å²) in [7, 11) is 0. The summed E-state index contributed by atoms with van der Waals surface area (Å²) in [5.74, 6) is 1.27. The summed E-state index contributed by atoms with van der Waals surface area (Å²) in [6.07, 6.45) is 3.22. The largest absolute Gasteiger partial charge is 0.456 e. The van der Waals surface area contributed by atoms with Gasteiger partial charge in [0.25, 0.3) is 0 Å². The Morgan fingerprint density at radius 2 is 1.16 bits per heavy atom. The molecule has 2 heteroatoms. The van der Waals surface area contributed by atoms with Crippen LogP contribution in [0.15, 0.2) is 186 Å². The van der Waals surface area contributed by atoms with Crippen molar-refractivity contribution in [1.82, 2.24) is 0 Å². The second kappa shape index (κ2) is 13.4. The summed E-state index contributed by atoms with van der Waals surface area (Å²) in [5, 5.41) is 3.69. The molecule has 0 bridgehead atoms. The van der Waals surface area contributed by atoms with Crippen molar-refractivity contribution in [2.75, 3.05) is 4.90 Å². The van der Waals surface area contributed by atoms with Crippen LogP contribution >= 0.6 is 0 Å². The molecule has 58 heavy (non-hydrogen) atoms. The zero-order valence-corrected chi connectivity index (χ0v) is 33.0. The Labute approximate surface area is 340 Å². The van der Waals surface area contributed by atoms with Gasteiger partial charge in [-0.25, -0.2) is 0 Å². The highest BCUT2D eigenvalue weighted by atomic mass is 16.3. The van der Waals surface area contributed by atoms with Crippen LogP contribution in [0.1, 0.15) is 61.1 Å². The molecule has 0 amide bonds. The maximum atomic E-state index is 6.56. The quantitative estimate of drug-likeness (QED) is 0.169. The Morgan fingerprint density at radius 3 is 1.97 bits per heavy atom. The lowest BCUT2D eigenvalue weighted by atomic mass is 9.82. The fourth-order valence-electron chi connectivity index (χ4n) is 10.0. The van der Waals surface area contributed by atoms with Crippen molar-refractivity contribution >= 4 is 50.5 Å². The molecule has 0 aliphatic heterocycles. The van der Waals surface area contributed by atoms with E-state index in [0.717, 1.165) is 34.8 Å². The minimum absolute atomic E-state index is 0.147. The van der Waals surface area contributed by atoms with Crippen LogP contribution in [0.2, 0.25) is 0 Å². The standard InChI is InChI=1S/C56H43NO/c1-36-33-39(34-53-54(36)47-24-10-14-30-52(47)58-53)41-21-8-12-28-50(41)57(40-31-32-44-43-22-7-11-27-48(43)56(2,3)49(44)35-40)51-29-13-9-23-45(51)46-26-16-20-38-19-15-25-42(55(38)46)37-17-5-4-6-18-37/h4-32,34-36H,33H2,1-3H3. The van der Waals surface area contributed by atoms with E-state index < -0.39 is 0 Å². The summed E-state index contributed by atoms with van der Waals surface area (Å²) in [4.78, 5) is 2.52. The van der Waals surface area contributed by atoms with Crippen LogP contribution in [0, 0.1) is 0 Å². The van der Waals surface area contributed by atoms with Gasteiger partial charge < -0.3 is 9.32 Å². The lowest BCUT2D eigenvalue weighted by Crippen LogP contribution is -2.17. The number of rotatable bonds is 6. The van der Waals surface area contributed by atoms with E-state index in [0.29, 0.717) is 5.92 Å². The summed E-state index contributed by atoms with van der Waals surface area (Å²) in [6.45, 7) is 7.08. The molecule has 0 radical (unpaired) electrons. The average Bonchev–Trinajstić information content (AvgIpc) is 3.76. The summed E-state index contributed by atoms with van der Waals surface area (Å²) >= 11 is 0. The molecule has 1 aromatic heterocycles. The highest BCUT2D eigenvalue weighted by molar-refractivity contribution is 6.09. The number of hydrogen-bond donors (Lipinski definition) is 0. The Morgan fingerprint density at radius 1 is 0.534 bits per heavy atom. The molecule has 2 aliphatic rings. The van der Waals surface area contributed by atoms with Crippen LogP contribution < -0.4 is 4.90 Å². The highest BCUT2D eigenvalue weighted by Crippen LogP contribution is 2.53. The van der Waals surface area contributed by atoms with Crippen LogP contribution in [-0.2, 0) is 5.41 Å². The summed E-state index contributed by atoms with van der Waals surface area (Å²) in [5.41, 5.74) is 18.2. The second-order valence-electron chi connectivity index (χ2n) is 16.5. The Hall–Kier alpha value is -6.90. The van der Waals surface area contributed by atoms with Crippen LogP contribution in [0.4, 0.5) is 17.1 Å². The van der Waals surface area contributed by atoms with Gasteiger partial charge in [-0.1, -0.05) is 172 Å². The minimum Gasteiger partial charge on any atom is -0.456 e. The van der Waals surface area contributed by atoms with Crippen molar-refractivity contribution in [2.45, 2.75) is 38.5 Å². The van der Waals surface area contributed by atoms with Crippen LogP contribution in [-0.4, -0.2) is 0 Å². The van der Waals surface area contributed by atoms with E-state index >= 15 is 0 Å². The number of fused-ring (bicyclic) bond motifs is 7. The molecular formula is C56H43NO. The maximum Gasteiger partial charge on any atom is 0.135 e. The third-order valence-electron chi connectivity index (χ3n) is 12.7. The zero-order valence-electron chi connectivity index (χ0n) is 33.0. The fourth-order valence-corrected chi connectivity index (χ4v) is 10.0. The Kier molecular flexibility index (Phi) is 7.91. The average molecular weight is 746 g/mol. The molecule has 0 N–H and O–H groups in total. The van der Waals surface area contributed by atoms with E-state index in [1.165, 1.54) is 77.4 Å². The van der Waals surface area contributed by atoms with Gasteiger partial charge in [-0.15, -0.1) is 0 Å². The molecule has 2 nitrogen and oxygen atoms in total. The van der Waals surface area contributed by atoms with E-state index in [4.69, 9.17) is 4.42 Å². The zero-order chi connectivity index (χ0) is 39.0. The number of nitrogens with zero attached hydrogens (tertiary/aromatic N) is 1. The number of anilines is 3. The molecule has 11 rings (SSSR count). The SMILES string of the molecule is CC1CC(c2ccccc2N(c2ccc3c(c2)C(C)(C)c2ccccc2-3)c2ccccc2-c2cccc3cccc(-c4ccccc4)c23)=Cc2oc3ccccc3c21. The second-order valence-corrected chi connectivity index (χ2v) is 16.5. The van der Waals surface area contributed by atoms with Gasteiger partial charge in [0.05, 0.1) is 11.4 Å². The first-order chi connectivity index (χ1) is 28.5. The molecule has 0 spiro atoms. The van der Waals surface area contributed by atoms with Crippen LogP contribution in [0.25, 0.3) is 66.8 Å². The Balaban J connectivity index is 1.16. The molecule has 2 aliphatic carbocycles. The minimum atomic E-state index is -0.147. The van der Waals surface area contributed by atoms with Gasteiger partial charge in [0.2, 0.25) is 0 Å². The predicted molar refractivity (Wildman–Crippen MR) is 244 cm³/mol. The number of allylic oxidation sites excluding steroid dienone is 1. The number of para-hydroxylation sites is 3. The lowest BCUT2D eigenvalue weighted by Gasteiger charge is -2.32. The van der Waals surface area contributed by atoms with Crippen molar-refractivity contribution < 1.29 is 4.42 Å². The van der Waals surface area contributed by atoms with E-state index in [-0.39, 0.29) is 5.41 Å². The first-order valence-corrected chi connectivity index (χ1v) is 20.5. The third-order valence-corrected chi connectivity index (χ3v) is 12.7. The normalized spacial score (nSPS) is 15.2. The van der Waals surface area contributed by atoms with E-state index in [9.17, 15) is 0 Å². The van der Waals surface area contributed by atoms with Crippen molar-refractivity contribution in [3.63, 3.8) is 0 Å². The first-order valence-electron chi connectivity index (χ1n) is 20.5. The number of benzene rings is 8. The smallest absolute Gasteiger partial charge is 0.135 e. The van der Waals surface area contributed by atoms with Gasteiger partial charge in [0, 0.05) is 33.2 Å². The van der Waals surface area contributed by atoms with Crippen LogP contribution in [0.5, 0.6) is 0 Å². The highest BCUT2D eigenvalue weighted by Gasteiger charge is 2.36. The lowest BCUT2D eigenvalue weighted by molar-refractivity contribution is 0.588. The maximum absolute atomic E-state index is 6.56. The van der Waals surface area contributed by atoms with E-state index in [1.807, 2.05) is 0 Å². The van der Waals surface area contributed by atoms with E-state index in [1.54, 1.807) is 0 Å². The van der Waals surface area contributed by atoms with Crippen molar-refractivity contribution in [3.05, 3.63) is 210 Å². The van der Waals surface area contributed by atoms with Gasteiger partial charge in [-0.3, -0.25) is 0 Å². The van der Waals surface area contributed by atoms with Crippen molar-refractivity contribution in [3.8, 4) is 33.4 Å². The van der Waals surface area contributed by atoms with Gasteiger partial charge in [0.15, 0.2) is 0 Å². The predicted octanol–water partition coefficient (Wildman–Crippen LogP) is 15.7. The van der Waals surface area contributed by atoms with Crippen molar-refractivity contribution in [1.29, 1.82) is 0 Å². The number of furan rings is 1. The molecular weight excluding hydrogens is 703 g/mol. The molecule has 8 aromatic carbocycles. The summed E-state index contributed by atoms with van der Waals surface area (Å²) in [6, 6.07) is 66.7. The summed E-state index contributed by atoms with van der Waals surface area (Å²) < 4.78 is 6.56. The molecule has 0 saturated carbocycles. The first kappa shape index (κ1) is 34.4. The van der Waals surface area contributed by atoms with Crippen molar-refractivity contribution in [2.24, 2.45) is 0 Å². The molecule has 9 aromatic rings. The van der Waals surface area contributed by atoms with Crippen LogP contribution in [0.3, 0.4) is 0 Å². The third kappa shape index (κ3) is 5.32.